The molecule has 3 aromatic carbocycles. The number of para-hydroxylation sites is 1. The molecular weight excluding hydrogens is 472 g/mol. The SMILES string of the molecule is O=C1Oc2ccc([N+](=O)[O-])cc2[C@H]2c3sc(=O)n(-c4ccccc4)c3S[C@H](c3ccccc3)[C@@H]12. The van der Waals surface area contributed by atoms with Crippen LogP contribution in [0.2, 0.25) is 0 Å². The molecule has 2 aliphatic rings. The second-order valence-electron chi connectivity index (χ2n) is 8.06. The van der Waals surface area contributed by atoms with Gasteiger partial charge in [0.1, 0.15) is 5.75 Å². The van der Waals surface area contributed by atoms with E-state index in [1.165, 1.54) is 30.0 Å². The van der Waals surface area contributed by atoms with E-state index in [0.29, 0.717) is 11.3 Å². The molecule has 9 heteroatoms. The Hall–Kier alpha value is -3.69. The van der Waals surface area contributed by atoms with Crippen molar-refractivity contribution in [2.45, 2.75) is 16.2 Å². The van der Waals surface area contributed by atoms with Crippen molar-refractivity contribution in [3.63, 3.8) is 0 Å². The molecule has 0 amide bonds. The highest BCUT2D eigenvalue weighted by Gasteiger charge is 2.50. The van der Waals surface area contributed by atoms with E-state index in [-0.39, 0.29) is 15.8 Å². The van der Waals surface area contributed by atoms with Gasteiger partial charge >= 0.3 is 10.8 Å². The number of ether oxygens (including phenoxy) is 1. The van der Waals surface area contributed by atoms with E-state index in [0.717, 1.165) is 32.5 Å². The predicted octanol–water partition coefficient (Wildman–Crippen LogP) is 5.32. The molecule has 0 aliphatic carbocycles. The topological polar surface area (TPSA) is 91.4 Å². The number of nitro benzene ring substituents is 1. The predicted molar refractivity (Wildman–Crippen MR) is 129 cm³/mol. The summed E-state index contributed by atoms with van der Waals surface area (Å²) in [6.07, 6.45) is 0. The van der Waals surface area contributed by atoms with Crippen LogP contribution >= 0.6 is 23.1 Å². The zero-order chi connectivity index (χ0) is 23.4. The Morgan fingerprint density at radius 3 is 2.35 bits per heavy atom. The smallest absolute Gasteiger partial charge is 0.316 e. The van der Waals surface area contributed by atoms with Crippen LogP contribution in [0.1, 0.15) is 27.2 Å². The molecule has 7 nitrogen and oxygen atoms in total. The molecule has 0 saturated carbocycles. The van der Waals surface area contributed by atoms with E-state index < -0.39 is 22.7 Å². The number of rotatable bonds is 3. The molecule has 34 heavy (non-hydrogen) atoms. The summed E-state index contributed by atoms with van der Waals surface area (Å²) in [5.74, 6) is -1.25. The Kier molecular flexibility index (Phi) is 4.89. The average Bonchev–Trinajstić information content (AvgIpc) is 3.19. The number of carbonyl (C=O) groups is 1. The molecule has 3 heterocycles. The number of aromatic nitrogens is 1. The maximum Gasteiger partial charge on any atom is 0.316 e. The fourth-order valence-corrected chi connectivity index (χ4v) is 7.56. The minimum Gasteiger partial charge on any atom is -0.426 e. The molecule has 0 spiro atoms. The van der Waals surface area contributed by atoms with Crippen molar-refractivity contribution in [1.82, 2.24) is 4.57 Å². The molecule has 3 atom stereocenters. The standard InChI is InChI=1S/C25H16N2O5S2/c28-24-20-19(17-13-16(27(30)31)11-12-18(17)32-24)22-23(33-21(20)14-7-3-1-4-8-14)26(25(29)34-22)15-9-5-2-6-10-15/h1-13,19-21H/t19-,20+,21-/m1/s1. The number of hydrogen-bond acceptors (Lipinski definition) is 7. The first-order valence-corrected chi connectivity index (χ1v) is 12.3. The molecule has 0 fully saturated rings. The Balaban J connectivity index is 1.63. The van der Waals surface area contributed by atoms with Gasteiger partial charge in [-0.1, -0.05) is 71.6 Å². The third kappa shape index (κ3) is 3.19. The normalized spacial score (nSPS) is 20.6. The fraction of sp³-hybridized carbons (Fsp3) is 0.120. The highest BCUT2D eigenvalue weighted by molar-refractivity contribution is 7.99. The largest absolute Gasteiger partial charge is 0.426 e. The second kappa shape index (κ2) is 7.96. The first-order chi connectivity index (χ1) is 16.5. The Morgan fingerprint density at radius 2 is 1.65 bits per heavy atom. The molecule has 0 radical (unpaired) electrons. The summed E-state index contributed by atoms with van der Waals surface area (Å²) < 4.78 is 7.34. The lowest BCUT2D eigenvalue weighted by Gasteiger charge is -2.39. The molecule has 0 saturated heterocycles. The zero-order valence-corrected chi connectivity index (χ0v) is 19.1. The van der Waals surface area contributed by atoms with Crippen molar-refractivity contribution in [2.24, 2.45) is 5.92 Å². The summed E-state index contributed by atoms with van der Waals surface area (Å²) in [5.41, 5.74) is 2.14. The number of carbonyl (C=O) groups excluding carboxylic acids is 1. The number of nitrogens with zero attached hydrogens (tertiary/aromatic N) is 2. The highest BCUT2D eigenvalue weighted by atomic mass is 32.2. The van der Waals surface area contributed by atoms with Crippen LogP contribution in [0.3, 0.4) is 0 Å². The van der Waals surface area contributed by atoms with Crippen molar-refractivity contribution >= 4 is 34.8 Å². The van der Waals surface area contributed by atoms with Crippen LogP contribution in [0.15, 0.2) is 88.7 Å². The number of nitro groups is 1. The van der Waals surface area contributed by atoms with Crippen molar-refractivity contribution < 1.29 is 14.5 Å². The van der Waals surface area contributed by atoms with Gasteiger partial charge in [-0.25, -0.2) is 0 Å². The number of thiazole rings is 1. The number of fused-ring (bicyclic) bond motifs is 5. The monoisotopic (exact) mass is 488 g/mol. The van der Waals surface area contributed by atoms with Crippen molar-refractivity contribution in [1.29, 1.82) is 0 Å². The molecule has 4 aromatic rings. The van der Waals surface area contributed by atoms with Crippen molar-refractivity contribution in [2.75, 3.05) is 0 Å². The van der Waals surface area contributed by atoms with Crippen LogP contribution in [-0.2, 0) is 4.79 Å². The number of non-ortho nitro benzene ring substituents is 1. The summed E-state index contributed by atoms with van der Waals surface area (Å²) in [6.45, 7) is 0. The third-order valence-electron chi connectivity index (χ3n) is 6.16. The number of hydrogen-bond donors (Lipinski definition) is 0. The zero-order valence-electron chi connectivity index (χ0n) is 17.5. The van der Waals surface area contributed by atoms with E-state index in [9.17, 15) is 19.7 Å². The van der Waals surface area contributed by atoms with Crippen molar-refractivity contribution in [3.8, 4) is 11.4 Å². The summed E-state index contributed by atoms with van der Waals surface area (Å²) in [6, 6.07) is 23.3. The Labute approximate surface area is 201 Å². The second-order valence-corrected chi connectivity index (χ2v) is 10.2. The van der Waals surface area contributed by atoms with Crippen LogP contribution in [0.4, 0.5) is 5.69 Å². The van der Waals surface area contributed by atoms with E-state index >= 15 is 0 Å². The van der Waals surface area contributed by atoms with Gasteiger partial charge in [0.25, 0.3) is 5.69 Å². The molecule has 1 aromatic heterocycles. The van der Waals surface area contributed by atoms with Crippen LogP contribution in [-0.4, -0.2) is 15.5 Å². The summed E-state index contributed by atoms with van der Waals surface area (Å²) in [7, 11) is 0. The van der Waals surface area contributed by atoms with Gasteiger partial charge in [-0.3, -0.25) is 24.3 Å². The number of benzene rings is 3. The molecule has 2 aliphatic heterocycles. The summed E-state index contributed by atoms with van der Waals surface area (Å²) >= 11 is 2.55. The van der Waals surface area contributed by atoms with Gasteiger partial charge in [-0.2, -0.15) is 0 Å². The lowest BCUT2D eigenvalue weighted by atomic mass is 9.78. The van der Waals surface area contributed by atoms with E-state index in [2.05, 4.69) is 0 Å². The van der Waals surface area contributed by atoms with Gasteiger partial charge in [0.05, 0.1) is 26.8 Å². The van der Waals surface area contributed by atoms with Gasteiger partial charge in [0.15, 0.2) is 0 Å². The summed E-state index contributed by atoms with van der Waals surface area (Å²) in [5, 5.41) is 12.0. The minimum atomic E-state index is -0.628. The van der Waals surface area contributed by atoms with E-state index in [1.54, 1.807) is 4.57 Å². The van der Waals surface area contributed by atoms with Gasteiger partial charge in [-0.15, -0.1) is 0 Å². The quantitative estimate of drug-likeness (QED) is 0.168. The number of thioether (sulfide) groups is 1. The fourth-order valence-electron chi connectivity index (χ4n) is 4.69. The molecule has 6 rings (SSSR count). The van der Waals surface area contributed by atoms with E-state index in [1.807, 2.05) is 60.7 Å². The number of esters is 1. The lowest BCUT2D eigenvalue weighted by Crippen LogP contribution is -2.37. The minimum absolute atomic E-state index is 0.0821. The van der Waals surface area contributed by atoms with Gasteiger partial charge < -0.3 is 4.74 Å². The molecule has 0 bridgehead atoms. The first-order valence-electron chi connectivity index (χ1n) is 10.6. The van der Waals surface area contributed by atoms with E-state index in [4.69, 9.17) is 4.74 Å². The Bertz CT molecular complexity index is 1500. The van der Waals surface area contributed by atoms with Gasteiger partial charge in [0.2, 0.25) is 0 Å². The van der Waals surface area contributed by atoms with Crippen LogP contribution in [0, 0.1) is 16.0 Å². The molecule has 0 unspecified atom stereocenters. The lowest BCUT2D eigenvalue weighted by molar-refractivity contribution is -0.385. The third-order valence-corrected chi connectivity index (χ3v) is 8.76. The molecule has 168 valence electrons. The van der Waals surface area contributed by atoms with Gasteiger partial charge in [0, 0.05) is 28.5 Å². The maximum absolute atomic E-state index is 13.3. The first kappa shape index (κ1) is 20.9. The maximum atomic E-state index is 13.3. The Morgan fingerprint density at radius 1 is 0.941 bits per heavy atom. The van der Waals surface area contributed by atoms with Crippen LogP contribution < -0.4 is 9.61 Å². The van der Waals surface area contributed by atoms with Crippen molar-refractivity contribution in [3.05, 3.63) is 115 Å². The average molecular weight is 489 g/mol. The molecular formula is C25H16N2O5S2. The highest BCUT2D eigenvalue weighted by Crippen LogP contribution is 2.59. The van der Waals surface area contributed by atoms with Crippen LogP contribution in [0.5, 0.6) is 5.75 Å². The van der Waals surface area contributed by atoms with Gasteiger partial charge in [-0.05, 0) is 23.8 Å². The summed E-state index contributed by atoms with van der Waals surface area (Å²) in [4.78, 5) is 38.2. The molecule has 0 N–H and O–H groups in total. The van der Waals surface area contributed by atoms with Crippen LogP contribution in [0.25, 0.3) is 5.69 Å².